The molecule has 0 fully saturated rings. The fourth-order valence-corrected chi connectivity index (χ4v) is 3.94. The third-order valence-corrected chi connectivity index (χ3v) is 6.02. The predicted octanol–water partition coefficient (Wildman–Crippen LogP) is 4.24. The molecule has 3 aromatic carbocycles. The van der Waals surface area contributed by atoms with E-state index in [0.29, 0.717) is 29.5 Å². The summed E-state index contributed by atoms with van der Waals surface area (Å²) in [7, 11) is 3.04. The molecule has 0 aromatic heterocycles. The monoisotopic (exact) mass is 528 g/mol. The molecular weight excluding hydrogens is 499 g/mol. The van der Waals surface area contributed by atoms with Crippen LogP contribution in [-0.4, -0.2) is 51.1 Å². The van der Waals surface area contributed by atoms with E-state index < -0.39 is 18.6 Å². The van der Waals surface area contributed by atoms with Crippen molar-refractivity contribution < 1.29 is 23.5 Å². The molecular formula is C27H30ClFN4O4. The number of hydrogen-bond acceptors (Lipinski definition) is 5. The number of amidine groups is 1. The Kier molecular flexibility index (Phi) is 10.1. The molecule has 196 valence electrons. The summed E-state index contributed by atoms with van der Waals surface area (Å²) in [5, 5.41) is 17.8. The number of alkyl halides is 1. The van der Waals surface area contributed by atoms with Gasteiger partial charge in [0.2, 0.25) is 5.91 Å². The van der Waals surface area contributed by atoms with Crippen LogP contribution in [0.2, 0.25) is 5.02 Å². The number of carbonyl (C=O) groups excluding carboxylic acids is 2. The summed E-state index contributed by atoms with van der Waals surface area (Å²) in [6.45, 7) is -0.348. The molecule has 0 aliphatic rings. The van der Waals surface area contributed by atoms with Crippen LogP contribution in [0.1, 0.15) is 28.8 Å². The van der Waals surface area contributed by atoms with Gasteiger partial charge in [0.15, 0.2) is 0 Å². The Bertz CT molecular complexity index is 1250. The Labute approximate surface area is 220 Å². The molecule has 0 radical (unpaired) electrons. The van der Waals surface area contributed by atoms with E-state index in [9.17, 15) is 14.0 Å². The van der Waals surface area contributed by atoms with Crippen LogP contribution in [0.15, 0.2) is 54.6 Å². The second-order valence-corrected chi connectivity index (χ2v) is 8.72. The molecule has 3 rings (SSSR count). The molecule has 0 saturated heterocycles. The van der Waals surface area contributed by atoms with Gasteiger partial charge in [-0.2, -0.15) is 0 Å². The third-order valence-electron chi connectivity index (χ3n) is 5.77. The van der Waals surface area contributed by atoms with Gasteiger partial charge in [0.05, 0.1) is 19.8 Å². The first-order valence-corrected chi connectivity index (χ1v) is 12.1. The number of rotatable bonds is 12. The average Bonchev–Trinajstić information content (AvgIpc) is 2.92. The quantitative estimate of drug-likeness (QED) is 0.159. The summed E-state index contributed by atoms with van der Waals surface area (Å²) < 4.78 is 23.4. The van der Waals surface area contributed by atoms with Crippen molar-refractivity contribution in [2.75, 3.05) is 27.4 Å². The molecule has 0 bridgehead atoms. The number of benzene rings is 3. The molecule has 37 heavy (non-hydrogen) atoms. The molecule has 1 atom stereocenters. The maximum atomic E-state index is 13.3. The molecule has 0 saturated carbocycles. The van der Waals surface area contributed by atoms with Crippen molar-refractivity contribution in [2.24, 2.45) is 0 Å². The Hall–Kier alpha value is -3.85. The van der Waals surface area contributed by atoms with Gasteiger partial charge >= 0.3 is 0 Å². The van der Waals surface area contributed by atoms with Crippen LogP contribution in [0.3, 0.4) is 0 Å². The summed E-state index contributed by atoms with van der Waals surface area (Å²) in [5.74, 6) is -0.0893. The van der Waals surface area contributed by atoms with Gasteiger partial charge in [0, 0.05) is 23.5 Å². The fourth-order valence-electron chi connectivity index (χ4n) is 3.81. The van der Waals surface area contributed by atoms with E-state index in [2.05, 4.69) is 16.0 Å². The maximum Gasteiger partial charge on any atom is 0.255 e. The number of methoxy groups -OCH3 is 2. The van der Waals surface area contributed by atoms with Crippen LogP contribution in [0.5, 0.6) is 11.5 Å². The van der Waals surface area contributed by atoms with E-state index in [-0.39, 0.29) is 30.3 Å². The largest absolute Gasteiger partial charge is 0.496 e. The molecule has 4 N–H and O–H groups in total. The lowest BCUT2D eigenvalue weighted by Gasteiger charge is -2.20. The van der Waals surface area contributed by atoms with E-state index >= 15 is 0 Å². The SMILES string of the molecule is COc1cc2c(OC)cccc2cc1C(=O)N[C@@H](CCCNC(=N)CF)C(=O)NCc1ccc(Cl)cc1. The first-order chi connectivity index (χ1) is 17.9. The Morgan fingerprint density at radius 2 is 1.76 bits per heavy atom. The van der Waals surface area contributed by atoms with Crippen LogP contribution in [0, 0.1) is 5.41 Å². The topological polar surface area (TPSA) is 113 Å². The van der Waals surface area contributed by atoms with Crippen LogP contribution in [0.4, 0.5) is 4.39 Å². The normalized spacial score (nSPS) is 11.5. The molecule has 0 spiro atoms. The summed E-state index contributed by atoms with van der Waals surface area (Å²) in [5.41, 5.74) is 1.13. The number of hydrogen-bond donors (Lipinski definition) is 4. The van der Waals surface area contributed by atoms with Gasteiger partial charge in [0.25, 0.3) is 5.91 Å². The van der Waals surface area contributed by atoms with Crippen LogP contribution in [0.25, 0.3) is 10.8 Å². The molecule has 2 amide bonds. The van der Waals surface area contributed by atoms with Crippen molar-refractivity contribution in [2.45, 2.75) is 25.4 Å². The minimum absolute atomic E-state index is 0.232. The fraction of sp³-hybridized carbons (Fsp3) is 0.296. The summed E-state index contributed by atoms with van der Waals surface area (Å²) >= 11 is 5.93. The van der Waals surface area contributed by atoms with Gasteiger partial charge in [-0.25, -0.2) is 4.39 Å². The van der Waals surface area contributed by atoms with Gasteiger partial charge in [-0.3, -0.25) is 15.0 Å². The third kappa shape index (κ3) is 7.57. The number of fused-ring (bicyclic) bond motifs is 1. The lowest BCUT2D eigenvalue weighted by Crippen LogP contribution is -2.47. The highest BCUT2D eigenvalue weighted by atomic mass is 35.5. The molecule has 0 aliphatic carbocycles. The second kappa shape index (κ2) is 13.5. The van der Waals surface area contributed by atoms with Crippen LogP contribution >= 0.6 is 11.6 Å². The second-order valence-electron chi connectivity index (χ2n) is 8.29. The average molecular weight is 529 g/mol. The van der Waals surface area contributed by atoms with E-state index in [0.717, 1.165) is 16.3 Å². The zero-order valence-corrected chi connectivity index (χ0v) is 21.5. The lowest BCUT2D eigenvalue weighted by molar-refractivity contribution is -0.123. The summed E-state index contributed by atoms with van der Waals surface area (Å²) in [6, 6.07) is 15.1. The van der Waals surface area contributed by atoms with E-state index in [1.165, 1.54) is 7.11 Å². The van der Waals surface area contributed by atoms with Crippen molar-refractivity contribution in [3.8, 4) is 11.5 Å². The van der Waals surface area contributed by atoms with Gasteiger partial charge in [-0.05, 0) is 54.1 Å². The van der Waals surface area contributed by atoms with Crippen molar-refractivity contribution >= 4 is 40.0 Å². The zero-order valence-electron chi connectivity index (χ0n) is 20.7. The highest BCUT2D eigenvalue weighted by Crippen LogP contribution is 2.32. The van der Waals surface area contributed by atoms with Gasteiger partial charge in [0.1, 0.15) is 30.1 Å². The molecule has 0 unspecified atom stereocenters. The van der Waals surface area contributed by atoms with E-state index in [4.69, 9.17) is 26.5 Å². The predicted molar refractivity (Wildman–Crippen MR) is 143 cm³/mol. The van der Waals surface area contributed by atoms with Gasteiger partial charge in [-0.1, -0.05) is 35.9 Å². The zero-order chi connectivity index (χ0) is 26.8. The molecule has 10 heteroatoms. The van der Waals surface area contributed by atoms with Gasteiger partial charge in [-0.15, -0.1) is 0 Å². The van der Waals surface area contributed by atoms with Crippen molar-refractivity contribution in [1.82, 2.24) is 16.0 Å². The van der Waals surface area contributed by atoms with Crippen molar-refractivity contribution in [3.63, 3.8) is 0 Å². The number of halogens is 2. The van der Waals surface area contributed by atoms with Crippen LogP contribution < -0.4 is 25.4 Å². The highest BCUT2D eigenvalue weighted by Gasteiger charge is 2.23. The van der Waals surface area contributed by atoms with Crippen molar-refractivity contribution in [3.05, 3.63) is 70.7 Å². The Morgan fingerprint density at radius 1 is 1.03 bits per heavy atom. The summed E-state index contributed by atoms with van der Waals surface area (Å²) in [4.78, 5) is 26.4. The number of ether oxygens (including phenoxy) is 2. The van der Waals surface area contributed by atoms with Crippen molar-refractivity contribution in [1.29, 1.82) is 5.41 Å². The van der Waals surface area contributed by atoms with E-state index in [1.807, 2.05) is 18.2 Å². The minimum atomic E-state index is -0.895. The standard InChI is InChI=1S/C27H30ClFN4O4/c1-36-23-7-3-5-18-13-21(24(37-2)14-20(18)23)26(34)33-22(6-4-12-31-25(30)15-29)27(35)32-16-17-8-10-19(28)11-9-17/h3,5,7-11,13-14,22H,4,6,12,15-16H2,1-2H3,(H2,30,31)(H,32,35)(H,33,34)/t22-/m0/s1. The van der Waals surface area contributed by atoms with E-state index in [1.54, 1.807) is 43.5 Å². The highest BCUT2D eigenvalue weighted by molar-refractivity contribution is 6.30. The first kappa shape index (κ1) is 27.7. The lowest BCUT2D eigenvalue weighted by atomic mass is 10.0. The Balaban J connectivity index is 1.78. The number of nitrogens with one attached hydrogen (secondary N) is 4. The minimum Gasteiger partial charge on any atom is -0.496 e. The molecule has 0 aliphatic heterocycles. The first-order valence-electron chi connectivity index (χ1n) is 11.7. The number of carbonyl (C=O) groups is 2. The molecule has 0 heterocycles. The maximum absolute atomic E-state index is 13.3. The van der Waals surface area contributed by atoms with Gasteiger partial charge < -0.3 is 25.4 Å². The number of amides is 2. The Morgan fingerprint density at radius 3 is 2.43 bits per heavy atom. The summed E-state index contributed by atoms with van der Waals surface area (Å²) in [6.07, 6.45) is 0.697. The van der Waals surface area contributed by atoms with Crippen LogP contribution in [-0.2, 0) is 11.3 Å². The molecule has 3 aromatic rings. The molecule has 8 nitrogen and oxygen atoms in total. The smallest absolute Gasteiger partial charge is 0.255 e.